The molecule has 1 aliphatic rings. The second-order valence-electron chi connectivity index (χ2n) is 8.22. The highest BCUT2D eigenvalue weighted by Crippen LogP contribution is 2.32. The number of ether oxygens (including phenoxy) is 1. The lowest BCUT2D eigenvalue weighted by atomic mass is 9.87. The zero-order valence-electron chi connectivity index (χ0n) is 19.0. The molecule has 1 aromatic rings. The first-order chi connectivity index (χ1) is 15.4. The number of ketones is 1. The largest absolute Gasteiger partial charge is 0.466 e. The summed E-state index contributed by atoms with van der Waals surface area (Å²) >= 11 is 0. The van der Waals surface area contributed by atoms with Gasteiger partial charge in [-0.1, -0.05) is 55.3 Å². The second-order valence-corrected chi connectivity index (χ2v) is 8.22. The molecule has 0 amide bonds. The van der Waals surface area contributed by atoms with Gasteiger partial charge in [0.2, 0.25) is 5.67 Å². The van der Waals surface area contributed by atoms with Gasteiger partial charge in [-0.3, -0.25) is 14.5 Å². The molecule has 0 spiro atoms. The van der Waals surface area contributed by atoms with Crippen molar-refractivity contribution in [2.45, 2.75) is 76.2 Å². The highest BCUT2D eigenvalue weighted by atomic mass is 19.1. The third kappa shape index (κ3) is 7.38. The fourth-order valence-corrected chi connectivity index (χ4v) is 4.14. The van der Waals surface area contributed by atoms with E-state index in [-0.39, 0.29) is 18.4 Å². The third-order valence-corrected chi connectivity index (χ3v) is 5.90. The first kappa shape index (κ1) is 25.9. The maximum atomic E-state index is 15.6. The van der Waals surface area contributed by atoms with Crippen LogP contribution in [0.4, 0.5) is 4.39 Å². The zero-order valence-corrected chi connectivity index (χ0v) is 19.0. The monoisotopic (exact) mass is 445 g/mol. The van der Waals surface area contributed by atoms with Crippen molar-refractivity contribution in [3.63, 3.8) is 0 Å². The Kier molecular flexibility index (Phi) is 10.8. The van der Waals surface area contributed by atoms with E-state index in [4.69, 9.17) is 4.74 Å². The number of alkyl halides is 1. The van der Waals surface area contributed by atoms with Crippen LogP contribution >= 0.6 is 0 Å². The van der Waals surface area contributed by atoms with Crippen LogP contribution in [0.15, 0.2) is 55.1 Å². The fraction of sp³-hybridized carbons (Fsp3) is 0.538. The van der Waals surface area contributed by atoms with E-state index in [1.165, 1.54) is 12.2 Å². The number of benzene rings is 1. The lowest BCUT2D eigenvalue weighted by Crippen LogP contribution is -2.36. The number of aliphatic hydroxyl groups is 1. The molecule has 1 aliphatic heterocycles. The van der Waals surface area contributed by atoms with Gasteiger partial charge in [0, 0.05) is 25.4 Å². The summed E-state index contributed by atoms with van der Waals surface area (Å²) in [5.41, 5.74) is -1.82. The van der Waals surface area contributed by atoms with E-state index in [2.05, 4.69) is 6.58 Å². The Morgan fingerprint density at radius 1 is 1.22 bits per heavy atom. The number of carbonyl (C=O) groups is 2. The molecule has 1 fully saturated rings. The highest BCUT2D eigenvalue weighted by molar-refractivity contribution is 5.97. The van der Waals surface area contributed by atoms with Crippen LogP contribution in [-0.4, -0.2) is 47.2 Å². The molecule has 5 nitrogen and oxygen atoms in total. The number of nitrogens with zero attached hydrogens (tertiary/aromatic N) is 1. The first-order valence-electron chi connectivity index (χ1n) is 11.6. The number of halogens is 1. The van der Waals surface area contributed by atoms with E-state index in [9.17, 15) is 14.7 Å². The van der Waals surface area contributed by atoms with E-state index < -0.39 is 17.7 Å². The molecule has 3 atom stereocenters. The summed E-state index contributed by atoms with van der Waals surface area (Å²) in [5, 5.41) is 10.3. The summed E-state index contributed by atoms with van der Waals surface area (Å²) in [7, 11) is 0. The molecule has 1 saturated heterocycles. The van der Waals surface area contributed by atoms with Gasteiger partial charge in [0.15, 0.2) is 5.78 Å². The highest BCUT2D eigenvalue weighted by Gasteiger charge is 2.38. The maximum absolute atomic E-state index is 15.6. The van der Waals surface area contributed by atoms with Gasteiger partial charge < -0.3 is 9.84 Å². The van der Waals surface area contributed by atoms with Crippen molar-refractivity contribution in [2.24, 2.45) is 0 Å². The molecule has 0 aromatic heterocycles. The normalized spacial score (nSPS) is 20.8. The summed E-state index contributed by atoms with van der Waals surface area (Å²) in [5.74, 6) is -0.767. The van der Waals surface area contributed by atoms with E-state index in [0.717, 1.165) is 32.1 Å². The molecule has 1 aromatic carbocycles. The summed E-state index contributed by atoms with van der Waals surface area (Å²) in [4.78, 5) is 26.1. The Balaban J connectivity index is 1.89. The Morgan fingerprint density at radius 3 is 2.62 bits per heavy atom. The molecule has 0 bridgehead atoms. The van der Waals surface area contributed by atoms with Gasteiger partial charge in [0.1, 0.15) is 6.23 Å². The topological polar surface area (TPSA) is 66.8 Å². The van der Waals surface area contributed by atoms with Crippen LogP contribution in [0.5, 0.6) is 0 Å². The van der Waals surface area contributed by atoms with E-state index >= 15 is 4.39 Å². The first-order valence-corrected chi connectivity index (χ1v) is 11.6. The van der Waals surface area contributed by atoms with Crippen LogP contribution in [0.2, 0.25) is 0 Å². The lowest BCUT2D eigenvalue weighted by Gasteiger charge is -2.26. The molecule has 1 N–H and O–H groups in total. The smallest absolute Gasteiger partial charge is 0.305 e. The van der Waals surface area contributed by atoms with Crippen LogP contribution < -0.4 is 0 Å². The summed E-state index contributed by atoms with van der Waals surface area (Å²) in [6.45, 7) is 6.50. The number of rotatable bonds is 14. The lowest BCUT2D eigenvalue weighted by molar-refractivity contribution is -0.143. The molecule has 32 heavy (non-hydrogen) atoms. The van der Waals surface area contributed by atoms with Crippen molar-refractivity contribution in [3.05, 3.63) is 60.7 Å². The van der Waals surface area contributed by atoms with Crippen molar-refractivity contribution in [2.75, 3.05) is 13.2 Å². The van der Waals surface area contributed by atoms with Crippen molar-refractivity contribution in [1.82, 2.24) is 4.90 Å². The van der Waals surface area contributed by atoms with Gasteiger partial charge in [0.05, 0.1) is 6.61 Å². The predicted octanol–water partition coefficient (Wildman–Crippen LogP) is 4.85. The maximum Gasteiger partial charge on any atom is 0.305 e. The average Bonchev–Trinajstić information content (AvgIpc) is 3.14. The number of unbranched alkanes of at least 4 members (excludes halogenated alkanes) is 3. The standard InChI is InChI=1S/C26H36FNO4/c1-3-19-26(27,21-12-8-7-9-13-21)23(29)17-15-22-16-18-24(30)28(22)20-11-6-5-10-14-25(31)32-4-2/h3,7-9,12-13,15,17,22,24,30H,1,4-6,10-11,14,16,18-20H2,2H3. The minimum absolute atomic E-state index is 0.0943. The van der Waals surface area contributed by atoms with Crippen LogP contribution in [0.1, 0.15) is 63.9 Å². The quantitative estimate of drug-likeness (QED) is 0.192. The van der Waals surface area contributed by atoms with Gasteiger partial charge in [-0.05, 0) is 44.2 Å². The van der Waals surface area contributed by atoms with E-state index in [1.54, 1.807) is 43.3 Å². The number of likely N-dealkylation sites (tertiary alicyclic amines) is 1. The van der Waals surface area contributed by atoms with E-state index in [1.807, 2.05) is 4.90 Å². The average molecular weight is 446 g/mol. The molecule has 0 saturated carbocycles. The van der Waals surface area contributed by atoms with Gasteiger partial charge in [-0.15, -0.1) is 6.58 Å². The number of carbonyl (C=O) groups excluding carboxylic acids is 2. The number of aliphatic hydroxyl groups excluding tert-OH is 1. The second kappa shape index (κ2) is 13.3. The predicted molar refractivity (Wildman–Crippen MR) is 124 cm³/mol. The number of esters is 1. The van der Waals surface area contributed by atoms with Gasteiger partial charge in [0.25, 0.3) is 0 Å². The van der Waals surface area contributed by atoms with Gasteiger partial charge in [-0.25, -0.2) is 4.39 Å². The molecule has 6 heteroatoms. The Bertz CT molecular complexity index is 766. The molecular weight excluding hydrogens is 409 g/mol. The number of allylic oxidation sites excluding steroid dienone is 2. The van der Waals surface area contributed by atoms with Crippen molar-refractivity contribution < 1.29 is 23.8 Å². The summed E-state index contributed by atoms with van der Waals surface area (Å²) in [6.07, 6.45) is 9.14. The van der Waals surface area contributed by atoms with Crippen LogP contribution in [-0.2, 0) is 20.0 Å². The van der Waals surface area contributed by atoms with Crippen molar-refractivity contribution in [3.8, 4) is 0 Å². The summed E-state index contributed by atoms with van der Waals surface area (Å²) in [6, 6.07) is 8.34. The molecule has 2 rings (SSSR count). The number of hydrogen-bond donors (Lipinski definition) is 1. The molecule has 0 radical (unpaired) electrons. The molecule has 1 heterocycles. The van der Waals surface area contributed by atoms with Gasteiger partial charge >= 0.3 is 5.97 Å². The summed E-state index contributed by atoms with van der Waals surface area (Å²) < 4.78 is 20.5. The molecular formula is C26H36FNO4. The van der Waals surface area contributed by atoms with Gasteiger partial charge in [-0.2, -0.15) is 0 Å². The Morgan fingerprint density at radius 2 is 1.94 bits per heavy atom. The molecule has 176 valence electrons. The van der Waals surface area contributed by atoms with Crippen LogP contribution in [0, 0.1) is 0 Å². The van der Waals surface area contributed by atoms with Crippen molar-refractivity contribution in [1.29, 1.82) is 0 Å². The van der Waals surface area contributed by atoms with Crippen LogP contribution in [0.3, 0.4) is 0 Å². The van der Waals surface area contributed by atoms with Crippen molar-refractivity contribution >= 4 is 11.8 Å². The number of hydrogen-bond acceptors (Lipinski definition) is 5. The SMILES string of the molecule is C=CCC(F)(C(=O)C=CC1CCC(O)N1CCCCCCC(=O)OCC)c1ccccc1. The Labute approximate surface area is 191 Å². The van der Waals surface area contributed by atoms with E-state index in [0.29, 0.717) is 31.6 Å². The third-order valence-electron chi connectivity index (χ3n) is 5.90. The Hall–Kier alpha value is -2.31. The minimum Gasteiger partial charge on any atom is -0.466 e. The minimum atomic E-state index is -2.14. The molecule has 0 aliphatic carbocycles. The zero-order chi connectivity index (χ0) is 23.4. The fourth-order valence-electron chi connectivity index (χ4n) is 4.14. The van der Waals surface area contributed by atoms with Crippen LogP contribution in [0.25, 0.3) is 0 Å². The molecule has 3 unspecified atom stereocenters.